The molecule has 1 atom stereocenters. The third kappa shape index (κ3) is 6.95. The van der Waals surface area contributed by atoms with Gasteiger partial charge in [0.05, 0.1) is 20.3 Å². The van der Waals surface area contributed by atoms with Gasteiger partial charge in [-0.3, -0.25) is 4.79 Å². The number of esters is 1. The second kappa shape index (κ2) is 11.4. The van der Waals surface area contributed by atoms with Crippen molar-refractivity contribution in [2.75, 3.05) is 26.9 Å². The van der Waals surface area contributed by atoms with E-state index in [-0.39, 0.29) is 19.8 Å². The molecule has 8 heteroatoms. The van der Waals surface area contributed by atoms with E-state index in [0.29, 0.717) is 15.9 Å². The zero-order chi connectivity index (χ0) is 19.5. The Labute approximate surface area is 158 Å². The van der Waals surface area contributed by atoms with Crippen molar-refractivity contribution < 1.29 is 28.6 Å². The van der Waals surface area contributed by atoms with Crippen LogP contribution in [-0.4, -0.2) is 55.0 Å². The molecule has 7 nitrogen and oxygen atoms in total. The molecule has 1 unspecified atom stereocenters. The molecular weight excluding hydrogens is 358 g/mol. The molecule has 1 aromatic carbocycles. The van der Waals surface area contributed by atoms with Gasteiger partial charge in [0.15, 0.2) is 0 Å². The molecule has 0 N–H and O–H groups in total. The number of carbonyl (C=O) groups is 3. The van der Waals surface area contributed by atoms with Crippen molar-refractivity contribution in [3.63, 3.8) is 0 Å². The van der Waals surface area contributed by atoms with Gasteiger partial charge in [-0.05, 0) is 37.6 Å². The summed E-state index contributed by atoms with van der Waals surface area (Å²) in [6.07, 6.45) is 0.174. The van der Waals surface area contributed by atoms with Gasteiger partial charge in [0.25, 0.3) is 0 Å². The molecule has 0 aliphatic rings. The second-order valence-corrected chi connectivity index (χ2v) is 6.82. The lowest BCUT2D eigenvalue weighted by Gasteiger charge is -2.19. The summed E-state index contributed by atoms with van der Waals surface area (Å²) in [6, 6.07) is 7.55. The summed E-state index contributed by atoms with van der Waals surface area (Å²) in [5.74, 6) is -1.62. The van der Waals surface area contributed by atoms with Crippen LogP contribution in [0.25, 0.3) is 0 Å². The van der Waals surface area contributed by atoms with Crippen molar-refractivity contribution in [1.29, 1.82) is 0 Å². The van der Waals surface area contributed by atoms with Crippen LogP contribution >= 0.6 is 11.8 Å². The van der Waals surface area contributed by atoms with Crippen molar-refractivity contribution in [3.05, 3.63) is 24.3 Å². The minimum Gasteiger partial charge on any atom is -0.492 e. The smallest absolute Gasteiger partial charge is 0.417 e. The fraction of sp³-hybridized carbons (Fsp3) is 0.500. The van der Waals surface area contributed by atoms with Gasteiger partial charge in [-0.15, -0.1) is 11.8 Å². The Morgan fingerprint density at radius 2 is 1.81 bits per heavy atom. The molecule has 0 spiro atoms. The van der Waals surface area contributed by atoms with Gasteiger partial charge >= 0.3 is 18.0 Å². The van der Waals surface area contributed by atoms with E-state index < -0.39 is 18.0 Å². The number of methoxy groups -OCH3 is 1. The van der Waals surface area contributed by atoms with E-state index >= 15 is 0 Å². The molecule has 1 aromatic rings. The molecule has 26 heavy (non-hydrogen) atoms. The summed E-state index contributed by atoms with van der Waals surface area (Å²) >= 11 is 1.78. The first-order valence-corrected chi connectivity index (χ1v) is 9.26. The van der Waals surface area contributed by atoms with E-state index in [4.69, 9.17) is 9.47 Å². The Kier molecular flexibility index (Phi) is 9.57. The molecule has 1 rings (SSSR count). The Balaban J connectivity index is 2.62. The van der Waals surface area contributed by atoms with Gasteiger partial charge in [0, 0.05) is 10.1 Å². The number of nitrogens with zero attached hydrogens (tertiary/aromatic N) is 1. The van der Waals surface area contributed by atoms with Gasteiger partial charge < -0.3 is 14.2 Å². The quantitative estimate of drug-likeness (QED) is 0.387. The highest BCUT2D eigenvalue weighted by atomic mass is 32.2. The van der Waals surface area contributed by atoms with E-state index in [1.54, 1.807) is 18.7 Å². The lowest BCUT2D eigenvalue weighted by Crippen LogP contribution is -2.44. The first-order valence-electron chi connectivity index (χ1n) is 8.38. The normalized spacial score (nSPS) is 11.4. The zero-order valence-corrected chi connectivity index (χ0v) is 16.3. The molecule has 144 valence electrons. The maximum Gasteiger partial charge on any atom is 0.417 e. The molecule has 0 bridgehead atoms. The van der Waals surface area contributed by atoms with Crippen molar-refractivity contribution in [3.8, 4) is 5.75 Å². The number of hydrogen-bond donors (Lipinski definition) is 0. The Hall–Kier alpha value is -2.22. The highest BCUT2D eigenvalue weighted by Gasteiger charge is 2.29. The summed E-state index contributed by atoms with van der Waals surface area (Å²) in [4.78, 5) is 36.9. The van der Waals surface area contributed by atoms with Gasteiger partial charge in [-0.1, -0.05) is 13.8 Å². The molecule has 0 fully saturated rings. The summed E-state index contributed by atoms with van der Waals surface area (Å²) in [5.41, 5.74) is 0. The van der Waals surface area contributed by atoms with E-state index in [2.05, 4.69) is 18.6 Å². The first kappa shape index (κ1) is 21.8. The van der Waals surface area contributed by atoms with E-state index in [0.717, 1.165) is 18.4 Å². The van der Waals surface area contributed by atoms with Crippen LogP contribution < -0.4 is 4.74 Å². The molecular formula is C18H25NO6S. The number of imide groups is 1. The van der Waals surface area contributed by atoms with Gasteiger partial charge in [-0.2, -0.15) is 0 Å². The molecule has 0 aliphatic heterocycles. The third-order valence-electron chi connectivity index (χ3n) is 3.41. The largest absolute Gasteiger partial charge is 0.492 e. The van der Waals surface area contributed by atoms with Crippen LogP contribution in [0.2, 0.25) is 0 Å². The van der Waals surface area contributed by atoms with Crippen molar-refractivity contribution in [1.82, 2.24) is 4.90 Å². The minimum atomic E-state index is -1.13. The summed E-state index contributed by atoms with van der Waals surface area (Å²) < 4.78 is 14.7. The summed E-state index contributed by atoms with van der Waals surface area (Å²) in [5, 5.41) is 0.532. The first-order chi connectivity index (χ1) is 12.4. The zero-order valence-electron chi connectivity index (χ0n) is 15.5. The molecule has 0 saturated heterocycles. The lowest BCUT2D eigenvalue weighted by atomic mass is 10.3. The predicted molar refractivity (Wildman–Crippen MR) is 98.3 cm³/mol. The van der Waals surface area contributed by atoms with E-state index in [1.807, 2.05) is 24.3 Å². The Morgan fingerprint density at radius 1 is 1.15 bits per heavy atom. The standard InChI is InChI=1S/C18H25NO6S/c1-5-13(3)26-15-9-7-14(8-10-15)25-12-11-19(18(22)24-6-2)16(20)17(21)23-4/h7-10,13H,5-6,11-12H2,1-4H3. The van der Waals surface area contributed by atoms with Gasteiger partial charge in [0.1, 0.15) is 12.4 Å². The molecule has 0 aliphatic carbocycles. The number of carbonyl (C=O) groups excluding carboxylic acids is 3. The predicted octanol–water partition coefficient (Wildman–Crippen LogP) is 3.11. The molecule has 0 aromatic heterocycles. The van der Waals surface area contributed by atoms with Gasteiger partial charge in [0.2, 0.25) is 0 Å². The highest BCUT2D eigenvalue weighted by molar-refractivity contribution is 7.99. The Morgan fingerprint density at radius 3 is 2.35 bits per heavy atom. The van der Waals surface area contributed by atoms with Gasteiger partial charge in [-0.25, -0.2) is 14.5 Å². The van der Waals surface area contributed by atoms with Crippen LogP contribution in [0.5, 0.6) is 5.75 Å². The second-order valence-electron chi connectivity index (χ2n) is 5.30. The molecule has 0 heterocycles. The summed E-state index contributed by atoms with van der Waals surface area (Å²) in [6.45, 7) is 5.89. The van der Waals surface area contributed by atoms with Crippen LogP contribution in [0.3, 0.4) is 0 Å². The highest BCUT2D eigenvalue weighted by Crippen LogP contribution is 2.26. The van der Waals surface area contributed by atoms with Crippen molar-refractivity contribution in [2.45, 2.75) is 37.3 Å². The fourth-order valence-corrected chi connectivity index (χ4v) is 2.78. The maximum absolute atomic E-state index is 11.9. The SMILES string of the molecule is CCOC(=O)N(CCOc1ccc(SC(C)CC)cc1)C(=O)C(=O)OC. The van der Waals surface area contributed by atoms with Crippen LogP contribution in [0.15, 0.2) is 29.2 Å². The van der Waals surface area contributed by atoms with Crippen LogP contribution in [-0.2, 0) is 19.1 Å². The molecule has 0 saturated carbocycles. The topological polar surface area (TPSA) is 82.1 Å². The average Bonchev–Trinajstić information content (AvgIpc) is 2.65. The van der Waals surface area contributed by atoms with E-state index in [9.17, 15) is 14.4 Å². The minimum absolute atomic E-state index is 0.0272. The fourth-order valence-electron chi connectivity index (χ4n) is 1.86. The number of thioether (sulfide) groups is 1. The third-order valence-corrected chi connectivity index (χ3v) is 4.69. The van der Waals surface area contributed by atoms with E-state index in [1.165, 1.54) is 0 Å². The molecule has 2 amide bonds. The lowest BCUT2D eigenvalue weighted by molar-refractivity contribution is -0.157. The van der Waals surface area contributed by atoms with Crippen molar-refractivity contribution in [2.24, 2.45) is 0 Å². The van der Waals surface area contributed by atoms with Crippen LogP contribution in [0.4, 0.5) is 4.79 Å². The number of hydrogen-bond acceptors (Lipinski definition) is 7. The Bertz CT molecular complexity index is 604. The monoisotopic (exact) mass is 383 g/mol. The number of amides is 2. The maximum atomic E-state index is 11.9. The van der Waals surface area contributed by atoms with Crippen molar-refractivity contribution >= 4 is 29.7 Å². The number of benzene rings is 1. The number of ether oxygens (including phenoxy) is 3. The number of rotatable bonds is 8. The van der Waals surface area contributed by atoms with Crippen LogP contribution in [0.1, 0.15) is 27.2 Å². The average molecular weight is 383 g/mol. The molecule has 0 radical (unpaired) electrons. The summed E-state index contributed by atoms with van der Waals surface area (Å²) in [7, 11) is 1.07. The van der Waals surface area contributed by atoms with Crippen LogP contribution in [0, 0.1) is 0 Å².